The molecule has 1 saturated carbocycles. The molecular weight excluding hydrogens is 993 g/mol. The molecule has 3 aliphatic heterocycles. The Morgan fingerprint density at radius 2 is 1.75 bits per heavy atom. The van der Waals surface area contributed by atoms with Crippen molar-refractivity contribution >= 4 is 81.6 Å². The molecular formula is C52H67ClFN11O6S2. The number of piperidine rings is 2. The SMILES string of the molecule is Cc1ncsc1-c1ccc(CNC(=O)[C@@H]2CCCN2C(=O)[C@@H](NC(=O)C2(F)CC2)C(C)(C)C)c(OCC2CCN(C(=O)CC(=O)Nc3cccc(Sc4ncc(N5CCC(C)(CN)CC5)nc4N)c3Cl)CC2)c1. The Bertz CT molecular complexity index is 2700. The molecule has 8 rings (SSSR count). The van der Waals surface area contributed by atoms with Gasteiger partial charge in [-0.1, -0.05) is 69.3 Å². The maximum Gasteiger partial charge on any atom is 0.258 e. The van der Waals surface area contributed by atoms with E-state index in [1.54, 1.807) is 34.8 Å². The van der Waals surface area contributed by atoms with Crippen molar-refractivity contribution in [1.29, 1.82) is 0 Å². The third-order valence-electron chi connectivity index (χ3n) is 14.6. The Morgan fingerprint density at radius 1 is 1.01 bits per heavy atom. The summed E-state index contributed by atoms with van der Waals surface area (Å²) in [7, 11) is 0. The molecule has 73 heavy (non-hydrogen) atoms. The molecule has 5 amide bonds. The number of anilines is 3. The summed E-state index contributed by atoms with van der Waals surface area (Å²) >= 11 is 9.56. The Hall–Kier alpha value is -5.57. The molecule has 7 N–H and O–H groups in total. The largest absolute Gasteiger partial charge is 0.493 e. The number of nitrogen functional groups attached to an aromatic ring is 1. The van der Waals surface area contributed by atoms with Crippen molar-refractivity contribution in [2.45, 2.75) is 127 Å². The van der Waals surface area contributed by atoms with E-state index in [0.29, 0.717) is 90.7 Å². The lowest BCUT2D eigenvalue weighted by molar-refractivity contribution is -0.144. The summed E-state index contributed by atoms with van der Waals surface area (Å²) in [5, 5.41) is 9.28. The van der Waals surface area contributed by atoms with Gasteiger partial charge in [-0.2, -0.15) is 0 Å². The first kappa shape index (κ1) is 53.7. The quantitative estimate of drug-likeness (QED) is 0.0663. The van der Waals surface area contributed by atoms with E-state index in [-0.39, 0.29) is 54.8 Å². The lowest BCUT2D eigenvalue weighted by Crippen LogP contribution is -2.58. The number of amides is 5. The van der Waals surface area contributed by atoms with Crippen LogP contribution in [0.15, 0.2) is 58.0 Å². The third kappa shape index (κ3) is 12.9. The van der Waals surface area contributed by atoms with Gasteiger partial charge in [-0.05, 0) is 105 Å². The summed E-state index contributed by atoms with van der Waals surface area (Å²) in [6, 6.07) is 9.33. The van der Waals surface area contributed by atoms with Gasteiger partial charge in [-0.25, -0.2) is 19.3 Å². The number of likely N-dealkylation sites (tertiary alicyclic amines) is 2. The van der Waals surface area contributed by atoms with Gasteiger partial charge in [0.15, 0.2) is 11.5 Å². The van der Waals surface area contributed by atoms with E-state index in [9.17, 15) is 28.4 Å². The predicted octanol–water partition coefficient (Wildman–Crippen LogP) is 7.15. The molecule has 3 saturated heterocycles. The minimum Gasteiger partial charge on any atom is -0.493 e. The number of nitrogens with two attached hydrogens (primary N) is 2. The highest BCUT2D eigenvalue weighted by molar-refractivity contribution is 7.99. The van der Waals surface area contributed by atoms with Crippen LogP contribution in [0.1, 0.15) is 96.7 Å². The highest BCUT2D eigenvalue weighted by atomic mass is 35.5. The molecule has 0 spiro atoms. The first-order valence-electron chi connectivity index (χ1n) is 25.1. The van der Waals surface area contributed by atoms with Gasteiger partial charge in [-0.15, -0.1) is 11.3 Å². The van der Waals surface area contributed by atoms with Crippen LogP contribution in [0, 0.1) is 23.7 Å². The summed E-state index contributed by atoms with van der Waals surface area (Å²) in [5.74, 6) is -0.599. The molecule has 1 aliphatic carbocycles. The van der Waals surface area contributed by atoms with Crippen molar-refractivity contribution < 1.29 is 33.1 Å². The zero-order valence-corrected chi connectivity index (χ0v) is 44.6. The number of hydrogen-bond donors (Lipinski definition) is 5. The average molecular weight is 1060 g/mol. The van der Waals surface area contributed by atoms with E-state index in [2.05, 4.69) is 42.7 Å². The second kappa shape index (κ2) is 22.5. The van der Waals surface area contributed by atoms with Gasteiger partial charge in [0.1, 0.15) is 35.1 Å². The lowest BCUT2D eigenvalue weighted by atomic mass is 9.80. The molecule has 0 unspecified atom stereocenters. The fourth-order valence-corrected chi connectivity index (χ4v) is 11.4. The number of rotatable bonds is 17. The summed E-state index contributed by atoms with van der Waals surface area (Å²) < 4.78 is 21.2. The molecule has 4 fully saturated rings. The first-order valence-corrected chi connectivity index (χ1v) is 27.2. The van der Waals surface area contributed by atoms with E-state index in [0.717, 1.165) is 47.6 Å². The third-order valence-corrected chi connectivity index (χ3v) is 17.2. The first-order chi connectivity index (χ1) is 34.7. The van der Waals surface area contributed by atoms with Gasteiger partial charge in [0.05, 0.1) is 39.6 Å². The maximum absolute atomic E-state index is 14.7. The summed E-state index contributed by atoms with van der Waals surface area (Å²) in [6.45, 7) is 13.6. The number of ether oxygens (including phenoxy) is 1. The number of benzene rings is 2. The second-order valence-corrected chi connectivity index (χ2v) is 23.5. The van der Waals surface area contributed by atoms with Crippen LogP contribution in [0.3, 0.4) is 0 Å². The molecule has 2 aromatic heterocycles. The van der Waals surface area contributed by atoms with Crippen molar-refractivity contribution in [1.82, 2.24) is 35.4 Å². The zero-order chi connectivity index (χ0) is 52.2. The van der Waals surface area contributed by atoms with Crippen LogP contribution in [0.25, 0.3) is 10.4 Å². The van der Waals surface area contributed by atoms with E-state index in [4.69, 9.17) is 27.8 Å². The van der Waals surface area contributed by atoms with Crippen molar-refractivity contribution in [2.24, 2.45) is 22.5 Å². The highest BCUT2D eigenvalue weighted by Crippen LogP contribution is 2.42. The summed E-state index contributed by atoms with van der Waals surface area (Å²) in [4.78, 5) is 87.9. The molecule has 0 bridgehead atoms. The standard InChI is InChI=1S/C52H67ClFN11O6S2/c1-31-43(72-30-59-31)33-11-12-34(26-57-46(68)36-9-7-19-65(36)48(69)44(50(2,3)4)62-49(70)52(54)15-16-52)37(24-33)71-28-32-13-20-64(21-14-32)41(67)25-40(66)60-35-8-6-10-38(42(35)53)73-47-45(56)61-39(27-58-47)63-22-17-51(5,29-55)18-23-63/h6,8,10-12,24,27,30,32,36,44H,7,9,13-23,25-26,28-29,55H2,1-5H3,(H2,56,61)(H,57,68)(H,60,66)(H,62,70)/t36-,44+/m0/s1. The molecule has 21 heteroatoms. The second-order valence-electron chi connectivity index (χ2n) is 21.2. The van der Waals surface area contributed by atoms with Gasteiger partial charge in [-0.3, -0.25) is 24.0 Å². The number of thiazole rings is 1. The van der Waals surface area contributed by atoms with Gasteiger partial charge < -0.3 is 46.9 Å². The Morgan fingerprint density at radius 3 is 2.41 bits per heavy atom. The number of hydrogen-bond acceptors (Lipinski definition) is 14. The van der Waals surface area contributed by atoms with Crippen molar-refractivity contribution in [2.75, 3.05) is 61.8 Å². The highest BCUT2D eigenvalue weighted by Gasteiger charge is 2.53. The molecule has 0 radical (unpaired) electrons. The molecule has 4 aromatic rings. The molecule has 17 nitrogen and oxygen atoms in total. The van der Waals surface area contributed by atoms with Gasteiger partial charge >= 0.3 is 0 Å². The number of halogens is 2. The van der Waals surface area contributed by atoms with Crippen LogP contribution in [-0.4, -0.2) is 118 Å². The van der Waals surface area contributed by atoms with Gasteiger partial charge in [0.25, 0.3) is 5.91 Å². The number of nitrogens with one attached hydrogen (secondary N) is 3. The Balaban J connectivity index is 0.832. The van der Waals surface area contributed by atoms with Crippen molar-refractivity contribution in [3.8, 4) is 16.2 Å². The normalized spacial score (nSPS) is 19.0. The molecule has 4 aliphatic rings. The Kier molecular flexibility index (Phi) is 16.6. The van der Waals surface area contributed by atoms with Crippen molar-refractivity contribution in [3.05, 3.63) is 64.4 Å². The number of aromatic nitrogens is 3. The fraction of sp³-hybridized carbons (Fsp3) is 0.538. The van der Waals surface area contributed by atoms with E-state index >= 15 is 0 Å². The predicted molar refractivity (Wildman–Crippen MR) is 282 cm³/mol. The monoisotopic (exact) mass is 1060 g/mol. The van der Waals surface area contributed by atoms with E-state index < -0.39 is 40.9 Å². The summed E-state index contributed by atoms with van der Waals surface area (Å²) in [6.07, 6.45) is 5.92. The van der Waals surface area contributed by atoms with E-state index in [1.807, 2.05) is 45.9 Å². The minimum absolute atomic E-state index is 0.113. The van der Waals surface area contributed by atoms with Gasteiger partial charge in [0.2, 0.25) is 23.6 Å². The Labute approximate surface area is 439 Å². The number of carbonyl (C=O) groups excluding carboxylic acids is 5. The molecule has 392 valence electrons. The maximum atomic E-state index is 14.7. The van der Waals surface area contributed by atoms with Crippen molar-refractivity contribution in [3.63, 3.8) is 0 Å². The number of carbonyl (C=O) groups is 5. The average Bonchev–Trinajstić information content (AvgIpc) is 3.69. The number of aryl methyl sites for hydroxylation is 1. The lowest BCUT2D eigenvalue weighted by Gasteiger charge is -2.39. The smallest absolute Gasteiger partial charge is 0.258 e. The zero-order valence-electron chi connectivity index (χ0n) is 42.2. The van der Waals surface area contributed by atoms with Crippen LogP contribution in [0.5, 0.6) is 5.75 Å². The van der Waals surface area contributed by atoms with Crippen LogP contribution >= 0.6 is 34.7 Å². The van der Waals surface area contributed by atoms with Gasteiger partial charge in [0, 0.05) is 49.7 Å². The molecule has 2 atom stereocenters. The summed E-state index contributed by atoms with van der Waals surface area (Å²) in [5.41, 5.74) is 14.5. The topological polar surface area (TPSA) is 231 Å². The molecule has 5 heterocycles. The fourth-order valence-electron chi connectivity index (χ4n) is 9.45. The van der Waals surface area contributed by atoms with Crippen LogP contribution in [0.2, 0.25) is 5.02 Å². The molecule has 2 aromatic carbocycles. The number of nitrogens with zero attached hydrogens (tertiary/aromatic N) is 6. The van der Waals surface area contributed by atoms with E-state index in [1.165, 1.54) is 28.0 Å². The number of alkyl halides is 1. The minimum atomic E-state index is -1.94. The van der Waals surface area contributed by atoms with Crippen LogP contribution in [-0.2, 0) is 30.5 Å². The van der Waals surface area contributed by atoms with Crippen LogP contribution in [0.4, 0.5) is 21.7 Å². The van der Waals surface area contributed by atoms with Crippen LogP contribution < -0.4 is 37.1 Å².